The summed E-state index contributed by atoms with van der Waals surface area (Å²) in [5.74, 6) is -0.0333. The predicted octanol–water partition coefficient (Wildman–Crippen LogP) is 3.96. The van der Waals surface area contributed by atoms with E-state index in [2.05, 4.69) is 5.32 Å². The number of amides is 1. The average Bonchev–Trinajstić information content (AvgIpc) is 2.54. The molecule has 0 radical (unpaired) electrons. The number of rotatable bonds is 1. The van der Waals surface area contributed by atoms with Gasteiger partial charge in [-0.2, -0.15) is 0 Å². The van der Waals surface area contributed by atoms with Gasteiger partial charge >= 0.3 is 0 Å². The van der Waals surface area contributed by atoms with Crippen LogP contribution in [0.3, 0.4) is 0 Å². The molecule has 1 unspecified atom stereocenters. The van der Waals surface area contributed by atoms with Gasteiger partial charge in [0.15, 0.2) is 0 Å². The molecule has 2 rings (SSSR count). The minimum atomic E-state index is -0.675. The van der Waals surface area contributed by atoms with Crippen LogP contribution in [0.5, 0.6) is 0 Å². The molecule has 4 heteroatoms. The minimum absolute atomic E-state index is 0.0333. The van der Waals surface area contributed by atoms with E-state index >= 15 is 0 Å². The molecule has 1 aromatic rings. The third kappa shape index (κ3) is 2.13. The van der Waals surface area contributed by atoms with Crippen LogP contribution in [0.25, 0.3) is 0 Å². The third-order valence-electron chi connectivity index (χ3n) is 4.12. The highest BCUT2D eigenvalue weighted by atomic mass is 35.5. The lowest BCUT2D eigenvalue weighted by Crippen LogP contribution is -2.27. The molecule has 20 heavy (non-hydrogen) atoms. The summed E-state index contributed by atoms with van der Waals surface area (Å²) in [5, 5.41) is 14.0. The first-order valence-corrected chi connectivity index (χ1v) is 7.18. The Morgan fingerprint density at radius 1 is 1.35 bits per heavy atom. The molecule has 3 nitrogen and oxygen atoms in total. The maximum atomic E-state index is 12.1. The fourth-order valence-electron chi connectivity index (χ4n) is 2.53. The highest BCUT2D eigenvalue weighted by Gasteiger charge is 2.41. The van der Waals surface area contributed by atoms with Crippen LogP contribution < -0.4 is 5.32 Å². The number of nitrogens with one attached hydrogen (secondary N) is 1. The molecule has 1 aliphatic heterocycles. The number of fused-ring (bicyclic) bond motifs is 1. The predicted molar refractivity (Wildman–Crippen MR) is 82.3 cm³/mol. The topological polar surface area (TPSA) is 49.3 Å². The Hall–Kier alpha value is -1.06. The van der Waals surface area contributed by atoms with Gasteiger partial charge in [-0.05, 0) is 43.4 Å². The number of carbonyl (C=O) groups is 1. The summed E-state index contributed by atoms with van der Waals surface area (Å²) < 4.78 is 0. The van der Waals surface area contributed by atoms with E-state index in [9.17, 15) is 9.90 Å². The number of hydrogen-bond donors (Lipinski definition) is 2. The molecule has 1 heterocycles. The highest BCUT2D eigenvalue weighted by molar-refractivity contribution is 6.33. The van der Waals surface area contributed by atoms with Crippen molar-refractivity contribution >= 4 is 23.2 Å². The first-order chi connectivity index (χ1) is 8.98. The molecule has 0 aliphatic carbocycles. The van der Waals surface area contributed by atoms with Crippen LogP contribution in [-0.2, 0) is 10.2 Å². The highest BCUT2D eigenvalue weighted by Crippen LogP contribution is 2.46. The summed E-state index contributed by atoms with van der Waals surface area (Å²) >= 11 is 6.41. The van der Waals surface area contributed by atoms with Crippen molar-refractivity contribution in [1.29, 1.82) is 0 Å². The molecule has 0 aromatic heterocycles. The van der Waals surface area contributed by atoms with Crippen LogP contribution in [0.1, 0.15) is 57.4 Å². The Balaban J connectivity index is 2.68. The van der Waals surface area contributed by atoms with Gasteiger partial charge in [-0.25, -0.2) is 0 Å². The number of aliphatic hydroxyl groups excluding tert-OH is 1. The number of aliphatic hydroxyl groups is 1. The molecular weight excluding hydrogens is 274 g/mol. The van der Waals surface area contributed by atoms with Gasteiger partial charge in [0.2, 0.25) is 5.91 Å². The van der Waals surface area contributed by atoms with Gasteiger partial charge < -0.3 is 10.4 Å². The Labute approximate surface area is 125 Å². The lowest BCUT2D eigenvalue weighted by atomic mass is 9.80. The number of carbonyl (C=O) groups excluding carboxylic acids is 1. The molecular formula is C16H22ClNO2. The summed E-state index contributed by atoms with van der Waals surface area (Å²) in [7, 11) is 0. The second kappa shape index (κ2) is 4.47. The maximum absolute atomic E-state index is 12.1. The Bertz CT molecular complexity index is 585. The number of hydrogen-bond acceptors (Lipinski definition) is 2. The summed E-state index contributed by atoms with van der Waals surface area (Å²) in [6, 6.07) is 1.87. The standard InChI is InChI=1S/C16H22ClNO2/c1-8-11(17)9(13(19)15(2,3)4)7-10-12(8)18-14(20)16(10,5)6/h7,13,19H,1-6H3,(H,18,20). The zero-order valence-electron chi connectivity index (χ0n) is 12.9. The molecule has 0 saturated heterocycles. The number of benzene rings is 1. The number of anilines is 1. The van der Waals surface area contributed by atoms with E-state index in [0.29, 0.717) is 10.6 Å². The lowest BCUT2D eigenvalue weighted by Gasteiger charge is -2.29. The van der Waals surface area contributed by atoms with Gasteiger partial charge in [-0.1, -0.05) is 32.4 Å². The second-order valence-electron chi connectivity index (χ2n) is 7.18. The van der Waals surface area contributed by atoms with Crippen LogP contribution >= 0.6 is 11.6 Å². The van der Waals surface area contributed by atoms with Crippen LogP contribution in [0.4, 0.5) is 5.69 Å². The van der Waals surface area contributed by atoms with Crippen molar-refractivity contribution in [2.75, 3.05) is 5.32 Å². The van der Waals surface area contributed by atoms with Crippen molar-refractivity contribution in [3.05, 3.63) is 27.8 Å². The Kier molecular flexibility index (Phi) is 3.43. The molecule has 1 amide bonds. The van der Waals surface area contributed by atoms with E-state index in [1.54, 1.807) is 0 Å². The zero-order valence-corrected chi connectivity index (χ0v) is 13.6. The summed E-state index contributed by atoms with van der Waals surface area (Å²) in [6.07, 6.45) is -0.675. The van der Waals surface area contributed by atoms with Gasteiger partial charge in [-0.3, -0.25) is 4.79 Å². The molecule has 1 atom stereocenters. The van der Waals surface area contributed by atoms with Crippen LogP contribution in [0, 0.1) is 12.3 Å². The number of halogens is 1. The second-order valence-corrected chi connectivity index (χ2v) is 7.55. The molecule has 110 valence electrons. The maximum Gasteiger partial charge on any atom is 0.234 e. The van der Waals surface area contributed by atoms with E-state index < -0.39 is 11.5 Å². The Morgan fingerprint density at radius 3 is 2.40 bits per heavy atom. The van der Waals surface area contributed by atoms with Gasteiger partial charge in [0, 0.05) is 11.3 Å². The SMILES string of the molecule is Cc1c(Cl)c(C(O)C(C)(C)C)cc2c1NC(=O)C2(C)C. The van der Waals surface area contributed by atoms with Gasteiger partial charge in [0.1, 0.15) is 0 Å². The normalized spacial score (nSPS) is 18.7. The molecule has 0 spiro atoms. The summed E-state index contributed by atoms with van der Waals surface area (Å²) in [4.78, 5) is 12.1. The van der Waals surface area contributed by atoms with Crippen molar-refractivity contribution in [2.24, 2.45) is 5.41 Å². The quantitative estimate of drug-likeness (QED) is 0.824. The van der Waals surface area contributed by atoms with Gasteiger partial charge in [0.25, 0.3) is 0 Å². The summed E-state index contributed by atoms with van der Waals surface area (Å²) in [6.45, 7) is 11.5. The van der Waals surface area contributed by atoms with E-state index in [1.165, 1.54) is 0 Å². The fourth-order valence-corrected chi connectivity index (χ4v) is 2.78. The first-order valence-electron chi connectivity index (χ1n) is 6.81. The third-order valence-corrected chi connectivity index (χ3v) is 4.62. The molecule has 2 N–H and O–H groups in total. The van der Waals surface area contributed by atoms with Crippen molar-refractivity contribution in [2.45, 2.75) is 53.1 Å². The van der Waals surface area contributed by atoms with Crippen molar-refractivity contribution < 1.29 is 9.90 Å². The zero-order chi connectivity index (χ0) is 15.5. The van der Waals surface area contributed by atoms with Crippen molar-refractivity contribution in [1.82, 2.24) is 0 Å². The molecule has 0 bridgehead atoms. The van der Waals surface area contributed by atoms with Gasteiger partial charge in [0.05, 0.1) is 16.5 Å². The largest absolute Gasteiger partial charge is 0.388 e. The lowest BCUT2D eigenvalue weighted by molar-refractivity contribution is -0.119. The smallest absolute Gasteiger partial charge is 0.234 e. The van der Waals surface area contributed by atoms with Crippen molar-refractivity contribution in [3.8, 4) is 0 Å². The Morgan fingerprint density at radius 2 is 1.90 bits per heavy atom. The first kappa shape index (κ1) is 15.3. The monoisotopic (exact) mass is 295 g/mol. The van der Waals surface area contributed by atoms with E-state index in [-0.39, 0.29) is 11.3 Å². The average molecular weight is 296 g/mol. The van der Waals surface area contributed by atoms with Crippen LogP contribution in [0.15, 0.2) is 6.07 Å². The fraction of sp³-hybridized carbons (Fsp3) is 0.562. The molecule has 0 saturated carbocycles. The minimum Gasteiger partial charge on any atom is -0.388 e. The van der Waals surface area contributed by atoms with Crippen LogP contribution in [0.2, 0.25) is 5.02 Å². The van der Waals surface area contributed by atoms with E-state index in [0.717, 1.165) is 16.8 Å². The van der Waals surface area contributed by atoms with E-state index in [4.69, 9.17) is 11.6 Å². The van der Waals surface area contributed by atoms with Crippen LogP contribution in [-0.4, -0.2) is 11.0 Å². The summed E-state index contributed by atoms with van der Waals surface area (Å²) in [5.41, 5.74) is 2.29. The molecule has 1 aliphatic rings. The van der Waals surface area contributed by atoms with Gasteiger partial charge in [-0.15, -0.1) is 0 Å². The van der Waals surface area contributed by atoms with E-state index in [1.807, 2.05) is 47.6 Å². The molecule has 1 aromatic carbocycles. The van der Waals surface area contributed by atoms with Crippen molar-refractivity contribution in [3.63, 3.8) is 0 Å². The molecule has 0 fully saturated rings.